The van der Waals surface area contributed by atoms with Crippen LogP contribution in [-0.2, 0) is 16.2 Å². The molecule has 0 aliphatic heterocycles. The average molecular weight is 765 g/mol. The van der Waals surface area contributed by atoms with Crippen molar-refractivity contribution in [2.24, 2.45) is 0 Å². The molecule has 4 aliphatic carbocycles. The highest BCUT2D eigenvalue weighted by atomic mass is 16.3. The molecule has 7 aromatic carbocycles. The highest BCUT2D eigenvalue weighted by Crippen LogP contribution is 2.67. The van der Waals surface area contributed by atoms with Gasteiger partial charge in [0.25, 0.3) is 0 Å². The lowest BCUT2D eigenvalue weighted by atomic mass is 9.55. The van der Waals surface area contributed by atoms with E-state index < -0.39 is 10.8 Å². The van der Waals surface area contributed by atoms with Gasteiger partial charge in [-0.15, -0.1) is 0 Å². The molecule has 280 valence electrons. The fourth-order valence-electron chi connectivity index (χ4n) is 12.2. The second-order valence-electron chi connectivity index (χ2n) is 17.6. The molecule has 2 spiro atoms. The Bertz CT molecular complexity index is 3510. The van der Waals surface area contributed by atoms with Gasteiger partial charge in [-0.1, -0.05) is 147 Å². The van der Waals surface area contributed by atoms with E-state index in [4.69, 9.17) is 14.4 Å². The largest absolute Gasteiger partial charge is 0.456 e. The van der Waals surface area contributed by atoms with Crippen LogP contribution in [0.1, 0.15) is 69.5 Å². The van der Waals surface area contributed by atoms with Crippen LogP contribution < -0.4 is 0 Å². The van der Waals surface area contributed by atoms with Crippen LogP contribution in [0.25, 0.3) is 66.7 Å². The SMILES string of the molecule is CC1(C)c2ccccc2C2(c3cc4c(cc31)C1(c3ccccc3-c3ccccc31)c1ccccc1-4)c1cccnc1-c1ncc(-c3ccc4c(c3)oc3ccccc34)cc12. The van der Waals surface area contributed by atoms with Gasteiger partial charge in [0, 0.05) is 39.7 Å². The predicted molar refractivity (Wildman–Crippen MR) is 240 cm³/mol. The molecule has 3 nitrogen and oxygen atoms in total. The molecule has 0 fully saturated rings. The molecule has 1 unspecified atom stereocenters. The van der Waals surface area contributed by atoms with E-state index in [2.05, 4.69) is 172 Å². The van der Waals surface area contributed by atoms with E-state index in [1.165, 1.54) is 77.9 Å². The zero-order chi connectivity index (χ0) is 39.5. The Morgan fingerprint density at radius 1 is 0.367 bits per heavy atom. The lowest BCUT2D eigenvalue weighted by Gasteiger charge is -2.47. The number of pyridine rings is 2. The van der Waals surface area contributed by atoms with Gasteiger partial charge < -0.3 is 4.42 Å². The van der Waals surface area contributed by atoms with Gasteiger partial charge in [0.2, 0.25) is 0 Å². The number of para-hydroxylation sites is 1. The molecule has 0 bridgehead atoms. The van der Waals surface area contributed by atoms with Crippen molar-refractivity contribution in [1.82, 2.24) is 9.97 Å². The van der Waals surface area contributed by atoms with Crippen molar-refractivity contribution in [3.8, 4) is 44.8 Å². The van der Waals surface area contributed by atoms with Crippen LogP contribution in [0.15, 0.2) is 187 Å². The minimum atomic E-state index is -0.669. The fraction of sp³-hybridized carbons (Fsp3) is 0.0877. The quantitative estimate of drug-likeness (QED) is 0.167. The second-order valence-corrected chi connectivity index (χ2v) is 17.6. The molecule has 60 heavy (non-hydrogen) atoms. The van der Waals surface area contributed by atoms with Gasteiger partial charge in [-0.25, -0.2) is 0 Å². The van der Waals surface area contributed by atoms with Gasteiger partial charge in [0.05, 0.1) is 22.2 Å². The van der Waals surface area contributed by atoms with E-state index >= 15 is 0 Å². The summed E-state index contributed by atoms with van der Waals surface area (Å²) < 4.78 is 6.41. The molecule has 0 radical (unpaired) electrons. The van der Waals surface area contributed by atoms with Crippen molar-refractivity contribution in [2.45, 2.75) is 30.1 Å². The summed E-state index contributed by atoms with van der Waals surface area (Å²) in [4.78, 5) is 10.5. The molecule has 1 atom stereocenters. The normalized spacial score (nSPS) is 17.5. The second kappa shape index (κ2) is 11.0. The molecular weight excluding hydrogens is 729 g/mol. The van der Waals surface area contributed by atoms with Gasteiger partial charge in [0.15, 0.2) is 0 Å². The number of aromatic nitrogens is 2. The molecule has 14 rings (SSSR count). The highest BCUT2D eigenvalue weighted by molar-refractivity contribution is 6.06. The van der Waals surface area contributed by atoms with Crippen molar-refractivity contribution in [2.75, 3.05) is 0 Å². The number of benzene rings is 7. The van der Waals surface area contributed by atoms with Crippen LogP contribution in [0.3, 0.4) is 0 Å². The monoisotopic (exact) mass is 764 g/mol. The van der Waals surface area contributed by atoms with Crippen molar-refractivity contribution < 1.29 is 4.42 Å². The van der Waals surface area contributed by atoms with E-state index in [0.717, 1.165) is 44.5 Å². The minimum Gasteiger partial charge on any atom is -0.456 e. The van der Waals surface area contributed by atoms with Gasteiger partial charge in [-0.05, 0) is 114 Å². The Hall–Kier alpha value is -7.36. The summed E-state index contributed by atoms with van der Waals surface area (Å²) in [6.45, 7) is 4.85. The zero-order valence-electron chi connectivity index (χ0n) is 33.1. The third-order valence-corrected chi connectivity index (χ3v) is 14.7. The molecule has 4 aliphatic rings. The Morgan fingerprint density at radius 3 is 1.70 bits per heavy atom. The van der Waals surface area contributed by atoms with Crippen molar-refractivity contribution in [1.29, 1.82) is 0 Å². The van der Waals surface area contributed by atoms with Crippen LogP contribution in [0.2, 0.25) is 0 Å². The topological polar surface area (TPSA) is 38.9 Å². The molecule has 10 aromatic rings. The molecule has 3 heterocycles. The van der Waals surface area contributed by atoms with Crippen molar-refractivity contribution in [3.05, 3.63) is 238 Å². The number of rotatable bonds is 1. The Morgan fingerprint density at radius 2 is 0.950 bits per heavy atom. The maximum Gasteiger partial charge on any atom is 0.136 e. The molecule has 0 N–H and O–H groups in total. The lowest BCUT2D eigenvalue weighted by Crippen LogP contribution is -2.41. The summed E-state index contributed by atoms with van der Waals surface area (Å²) in [5, 5.41) is 2.25. The van der Waals surface area contributed by atoms with E-state index in [9.17, 15) is 0 Å². The highest BCUT2D eigenvalue weighted by Gasteiger charge is 2.57. The fourth-order valence-corrected chi connectivity index (χ4v) is 12.2. The summed E-state index contributed by atoms with van der Waals surface area (Å²) in [5.41, 5.74) is 22.6. The van der Waals surface area contributed by atoms with E-state index in [-0.39, 0.29) is 5.41 Å². The number of hydrogen-bond acceptors (Lipinski definition) is 3. The number of hydrogen-bond donors (Lipinski definition) is 0. The Balaban J connectivity index is 1.10. The predicted octanol–water partition coefficient (Wildman–Crippen LogP) is 13.4. The first-order valence-electron chi connectivity index (χ1n) is 21.0. The number of nitrogens with zero attached hydrogens (tertiary/aromatic N) is 2. The number of furan rings is 1. The summed E-state index contributed by atoms with van der Waals surface area (Å²) in [6, 6.07) is 63.4. The van der Waals surface area contributed by atoms with Crippen LogP contribution >= 0.6 is 0 Å². The first-order chi connectivity index (χ1) is 29.5. The van der Waals surface area contributed by atoms with Crippen LogP contribution in [-0.4, -0.2) is 9.97 Å². The molecule has 0 saturated heterocycles. The third kappa shape index (κ3) is 3.66. The number of fused-ring (bicyclic) bond motifs is 22. The van der Waals surface area contributed by atoms with E-state index in [1.54, 1.807) is 0 Å². The van der Waals surface area contributed by atoms with E-state index in [1.807, 2.05) is 24.5 Å². The molecule has 0 amide bonds. The summed E-state index contributed by atoms with van der Waals surface area (Å²) in [6.07, 6.45) is 3.95. The maximum absolute atomic E-state index is 6.41. The Labute approximate surface area is 347 Å². The summed E-state index contributed by atoms with van der Waals surface area (Å²) >= 11 is 0. The average Bonchev–Trinajstić information content (AvgIpc) is 4.00. The first-order valence-corrected chi connectivity index (χ1v) is 21.0. The molecule has 0 saturated carbocycles. The molecular formula is C57H36N2O. The van der Waals surface area contributed by atoms with Gasteiger partial charge in [-0.3, -0.25) is 9.97 Å². The van der Waals surface area contributed by atoms with Gasteiger partial charge >= 0.3 is 0 Å². The summed E-state index contributed by atoms with van der Waals surface area (Å²) in [5.74, 6) is 0. The van der Waals surface area contributed by atoms with Gasteiger partial charge in [-0.2, -0.15) is 0 Å². The van der Waals surface area contributed by atoms with Crippen molar-refractivity contribution >= 4 is 21.9 Å². The van der Waals surface area contributed by atoms with Crippen molar-refractivity contribution in [3.63, 3.8) is 0 Å². The molecule has 3 aromatic heterocycles. The minimum absolute atomic E-state index is 0.317. The van der Waals surface area contributed by atoms with Gasteiger partial charge in [0.1, 0.15) is 11.2 Å². The smallest absolute Gasteiger partial charge is 0.136 e. The maximum atomic E-state index is 6.41. The van der Waals surface area contributed by atoms with Crippen LogP contribution in [0.5, 0.6) is 0 Å². The first kappa shape index (κ1) is 32.6. The van der Waals surface area contributed by atoms with Crippen LogP contribution in [0.4, 0.5) is 0 Å². The standard InChI is InChI=1S/C57H36N2O/c1-55(2)44-21-10-11-22-45(44)57(46-23-13-27-58-53(46)54-50(57)28-34(32-59-54)33-25-26-39-38-17-6-12-24-51(38)60-52(39)29-33)49-30-40-37-16-5-9-20-43(37)56(47(40)31-48(49)55)41-18-7-3-14-35(41)36-15-4-8-19-42(36)56/h3-32H,1-2H3. The third-order valence-electron chi connectivity index (χ3n) is 14.7. The summed E-state index contributed by atoms with van der Waals surface area (Å²) in [7, 11) is 0. The zero-order valence-corrected chi connectivity index (χ0v) is 33.1. The lowest BCUT2D eigenvalue weighted by molar-refractivity contribution is 0.561. The molecule has 3 heteroatoms. The van der Waals surface area contributed by atoms with Crippen LogP contribution in [0, 0.1) is 0 Å². The van der Waals surface area contributed by atoms with E-state index in [0.29, 0.717) is 0 Å². The Kier molecular flexibility index (Phi) is 5.98.